The molecule has 1 atom stereocenters. The highest BCUT2D eigenvalue weighted by atomic mass is 16.6. The van der Waals surface area contributed by atoms with Gasteiger partial charge in [-0.3, -0.25) is 10.1 Å². The van der Waals surface area contributed by atoms with E-state index >= 15 is 0 Å². The summed E-state index contributed by atoms with van der Waals surface area (Å²) in [5, 5.41) is 14.6. The van der Waals surface area contributed by atoms with Crippen molar-refractivity contribution in [1.82, 2.24) is 5.32 Å². The molecule has 1 aliphatic carbocycles. The molecule has 1 aliphatic rings. The molecule has 1 saturated carbocycles. The predicted molar refractivity (Wildman–Crippen MR) is 80.8 cm³/mol. The van der Waals surface area contributed by atoms with Crippen molar-refractivity contribution in [3.8, 4) is 0 Å². The van der Waals surface area contributed by atoms with Crippen molar-refractivity contribution in [2.45, 2.75) is 58.5 Å². The highest BCUT2D eigenvalue weighted by molar-refractivity contribution is 5.43. The van der Waals surface area contributed by atoms with Crippen LogP contribution in [0.1, 0.15) is 56.7 Å². The Morgan fingerprint density at radius 3 is 2.55 bits per heavy atom. The number of hydrogen-bond donors (Lipinski definition) is 1. The Bertz CT molecular complexity index is 479. The van der Waals surface area contributed by atoms with Crippen LogP contribution in [0.3, 0.4) is 0 Å². The van der Waals surface area contributed by atoms with Crippen molar-refractivity contribution in [3.63, 3.8) is 0 Å². The Labute approximate surface area is 120 Å². The average molecular weight is 276 g/mol. The summed E-state index contributed by atoms with van der Waals surface area (Å²) in [4.78, 5) is 10.7. The second-order valence-electron chi connectivity index (χ2n) is 6.15. The summed E-state index contributed by atoms with van der Waals surface area (Å²) < 4.78 is 0. The van der Waals surface area contributed by atoms with E-state index in [1.807, 2.05) is 12.1 Å². The predicted octanol–water partition coefficient (Wildman–Crippen LogP) is 4.13. The van der Waals surface area contributed by atoms with Gasteiger partial charge >= 0.3 is 0 Å². The van der Waals surface area contributed by atoms with Crippen LogP contribution in [0.15, 0.2) is 18.2 Å². The Morgan fingerprint density at radius 2 is 1.95 bits per heavy atom. The van der Waals surface area contributed by atoms with Gasteiger partial charge in [0, 0.05) is 23.7 Å². The highest BCUT2D eigenvalue weighted by Crippen LogP contribution is 2.27. The minimum Gasteiger partial charge on any atom is -0.307 e. The van der Waals surface area contributed by atoms with Crippen LogP contribution in [0.2, 0.25) is 0 Å². The van der Waals surface area contributed by atoms with Crippen LogP contribution in [-0.4, -0.2) is 11.0 Å². The number of nitrogens with one attached hydrogen (secondary N) is 1. The van der Waals surface area contributed by atoms with E-state index in [9.17, 15) is 10.1 Å². The maximum Gasteiger partial charge on any atom is 0.272 e. The van der Waals surface area contributed by atoms with Crippen molar-refractivity contribution in [3.05, 3.63) is 39.4 Å². The SMILES string of the molecule is Cc1ccc(C(C)NC2CCC(C)CC2)cc1[N+](=O)[O-]. The van der Waals surface area contributed by atoms with E-state index in [0.717, 1.165) is 17.0 Å². The summed E-state index contributed by atoms with van der Waals surface area (Å²) >= 11 is 0. The lowest BCUT2D eigenvalue weighted by Crippen LogP contribution is -2.34. The van der Waals surface area contributed by atoms with E-state index in [2.05, 4.69) is 19.2 Å². The molecule has 1 unspecified atom stereocenters. The molecule has 0 amide bonds. The second kappa shape index (κ2) is 6.35. The van der Waals surface area contributed by atoms with Crippen LogP contribution in [0.5, 0.6) is 0 Å². The van der Waals surface area contributed by atoms with Gasteiger partial charge in [-0.05, 0) is 51.0 Å². The first-order chi connectivity index (χ1) is 9.47. The first-order valence-corrected chi connectivity index (χ1v) is 7.48. The zero-order chi connectivity index (χ0) is 14.7. The quantitative estimate of drug-likeness (QED) is 0.664. The minimum atomic E-state index is -0.298. The summed E-state index contributed by atoms with van der Waals surface area (Å²) in [6.45, 7) is 6.18. The van der Waals surface area contributed by atoms with Gasteiger partial charge in [0.15, 0.2) is 0 Å². The van der Waals surface area contributed by atoms with Gasteiger partial charge in [-0.15, -0.1) is 0 Å². The fourth-order valence-electron chi connectivity index (χ4n) is 2.97. The number of nitrogens with zero attached hydrogens (tertiary/aromatic N) is 1. The monoisotopic (exact) mass is 276 g/mol. The molecule has 0 spiro atoms. The smallest absolute Gasteiger partial charge is 0.272 e. The fourth-order valence-corrected chi connectivity index (χ4v) is 2.97. The normalized spacial score (nSPS) is 24.4. The van der Waals surface area contributed by atoms with Crippen molar-refractivity contribution in [1.29, 1.82) is 0 Å². The lowest BCUT2D eigenvalue weighted by Gasteiger charge is -2.29. The number of nitro benzene ring substituents is 1. The molecule has 0 bridgehead atoms. The maximum absolute atomic E-state index is 11.0. The van der Waals surface area contributed by atoms with Gasteiger partial charge < -0.3 is 5.32 Å². The van der Waals surface area contributed by atoms with E-state index in [1.54, 1.807) is 13.0 Å². The molecule has 20 heavy (non-hydrogen) atoms. The van der Waals surface area contributed by atoms with Crippen LogP contribution < -0.4 is 5.32 Å². The van der Waals surface area contributed by atoms with E-state index in [1.165, 1.54) is 25.7 Å². The molecule has 1 aromatic carbocycles. The molecular formula is C16H24N2O2. The Hall–Kier alpha value is -1.42. The molecule has 0 aliphatic heterocycles. The fraction of sp³-hybridized carbons (Fsp3) is 0.625. The molecule has 2 rings (SSSR count). The van der Waals surface area contributed by atoms with E-state index in [4.69, 9.17) is 0 Å². The lowest BCUT2D eigenvalue weighted by atomic mass is 9.87. The van der Waals surface area contributed by atoms with Crippen LogP contribution in [-0.2, 0) is 0 Å². The Balaban J connectivity index is 2.03. The van der Waals surface area contributed by atoms with Gasteiger partial charge in [0.2, 0.25) is 0 Å². The molecule has 4 heteroatoms. The van der Waals surface area contributed by atoms with Crippen molar-refractivity contribution in [2.75, 3.05) is 0 Å². The molecule has 0 radical (unpaired) electrons. The molecular weight excluding hydrogens is 252 g/mol. The summed E-state index contributed by atoms with van der Waals surface area (Å²) in [6, 6.07) is 6.24. The number of nitro groups is 1. The van der Waals surface area contributed by atoms with Gasteiger partial charge in [-0.2, -0.15) is 0 Å². The third-order valence-corrected chi connectivity index (χ3v) is 4.43. The number of rotatable bonds is 4. The Morgan fingerprint density at radius 1 is 1.30 bits per heavy atom. The molecule has 0 heterocycles. The highest BCUT2D eigenvalue weighted by Gasteiger charge is 2.21. The molecule has 0 aromatic heterocycles. The van der Waals surface area contributed by atoms with Gasteiger partial charge in [0.05, 0.1) is 4.92 Å². The number of hydrogen-bond acceptors (Lipinski definition) is 3. The summed E-state index contributed by atoms with van der Waals surface area (Å²) in [5.74, 6) is 0.837. The van der Waals surface area contributed by atoms with Gasteiger partial charge in [0.1, 0.15) is 0 Å². The Kier molecular flexibility index (Phi) is 4.76. The van der Waals surface area contributed by atoms with Gasteiger partial charge in [-0.25, -0.2) is 0 Å². The number of benzene rings is 1. The molecule has 4 nitrogen and oxygen atoms in total. The van der Waals surface area contributed by atoms with Crippen LogP contribution in [0.25, 0.3) is 0 Å². The third-order valence-electron chi connectivity index (χ3n) is 4.43. The van der Waals surface area contributed by atoms with Crippen molar-refractivity contribution >= 4 is 5.69 Å². The summed E-state index contributed by atoms with van der Waals surface area (Å²) in [6.07, 6.45) is 4.97. The zero-order valence-electron chi connectivity index (χ0n) is 12.6. The van der Waals surface area contributed by atoms with Crippen LogP contribution >= 0.6 is 0 Å². The molecule has 1 N–H and O–H groups in total. The second-order valence-corrected chi connectivity index (χ2v) is 6.15. The molecule has 1 aromatic rings. The van der Waals surface area contributed by atoms with E-state index < -0.39 is 0 Å². The average Bonchev–Trinajstić information content (AvgIpc) is 2.41. The van der Waals surface area contributed by atoms with Crippen LogP contribution in [0, 0.1) is 23.0 Å². The van der Waals surface area contributed by atoms with Crippen molar-refractivity contribution < 1.29 is 4.92 Å². The standard InChI is InChI=1S/C16H24N2O2/c1-11-4-8-15(9-5-11)17-13(3)14-7-6-12(2)16(10-14)18(19)20/h6-7,10-11,13,15,17H,4-5,8-9H2,1-3H3. The summed E-state index contributed by atoms with van der Waals surface area (Å²) in [7, 11) is 0. The van der Waals surface area contributed by atoms with Crippen molar-refractivity contribution in [2.24, 2.45) is 5.92 Å². The van der Waals surface area contributed by atoms with Gasteiger partial charge in [-0.1, -0.05) is 19.1 Å². The molecule has 1 fully saturated rings. The molecule has 0 saturated heterocycles. The van der Waals surface area contributed by atoms with Gasteiger partial charge in [0.25, 0.3) is 5.69 Å². The van der Waals surface area contributed by atoms with E-state index in [-0.39, 0.29) is 16.7 Å². The maximum atomic E-state index is 11.0. The topological polar surface area (TPSA) is 55.2 Å². The number of aryl methyl sites for hydroxylation is 1. The van der Waals surface area contributed by atoms with Crippen LogP contribution in [0.4, 0.5) is 5.69 Å². The molecule has 110 valence electrons. The zero-order valence-corrected chi connectivity index (χ0v) is 12.6. The third kappa shape index (κ3) is 3.57. The minimum absolute atomic E-state index is 0.160. The first kappa shape index (κ1) is 15.0. The van der Waals surface area contributed by atoms with E-state index in [0.29, 0.717) is 6.04 Å². The summed E-state index contributed by atoms with van der Waals surface area (Å²) in [5.41, 5.74) is 1.94. The lowest BCUT2D eigenvalue weighted by molar-refractivity contribution is -0.385. The first-order valence-electron chi connectivity index (χ1n) is 7.48. The largest absolute Gasteiger partial charge is 0.307 e.